The van der Waals surface area contributed by atoms with E-state index in [1.807, 2.05) is 24.3 Å². The largest absolute Gasteiger partial charge is 0.457 e. The number of nitriles is 1. The van der Waals surface area contributed by atoms with Crippen LogP contribution in [0.2, 0.25) is 0 Å². The quantitative estimate of drug-likeness (QED) is 0.219. The van der Waals surface area contributed by atoms with Gasteiger partial charge in [-0.25, -0.2) is 0 Å². The van der Waals surface area contributed by atoms with Gasteiger partial charge < -0.3 is 44.7 Å². The zero-order valence-corrected chi connectivity index (χ0v) is 22.0. The molecule has 2 aliphatic heterocycles. The lowest BCUT2D eigenvalue weighted by atomic mass is 9.99. The number of nitrogens with zero attached hydrogens (tertiary/aromatic N) is 3. The van der Waals surface area contributed by atoms with Crippen LogP contribution in [-0.2, 0) is 9.53 Å². The molecular weight excluding hydrogens is 516 g/mol. The Bertz CT molecular complexity index is 1440. The number of rotatable bonds is 6. The predicted molar refractivity (Wildman–Crippen MR) is 147 cm³/mol. The van der Waals surface area contributed by atoms with Crippen LogP contribution in [0, 0.1) is 11.3 Å². The van der Waals surface area contributed by atoms with Gasteiger partial charge in [0.15, 0.2) is 6.29 Å². The third-order valence-corrected chi connectivity index (χ3v) is 7.41. The summed E-state index contributed by atoms with van der Waals surface area (Å²) in [5.74, 6) is 0.123. The SMILES string of the molecule is CN1CCN(c2ccc3cc(-c4ccc(/C=C(\C#N)C(=O)NC[C@H]5OC(O)[C@H](O)[C@@H](O)[C@@H]5O)o4)ccc3c2)CC1. The summed E-state index contributed by atoms with van der Waals surface area (Å²) in [4.78, 5) is 17.3. The van der Waals surface area contributed by atoms with Crippen LogP contribution in [0.3, 0.4) is 0 Å². The molecule has 3 heterocycles. The van der Waals surface area contributed by atoms with Gasteiger partial charge in [0, 0.05) is 50.1 Å². The summed E-state index contributed by atoms with van der Waals surface area (Å²) >= 11 is 0. The fraction of sp³-hybridized carbons (Fsp3) is 0.379. The Morgan fingerprint density at radius 3 is 2.48 bits per heavy atom. The van der Waals surface area contributed by atoms with Gasteiger partial charge >= 0.3 is 0 Å². The van der Waals surface area contributed by atoms with E-state index in [-0.39, 0.29) is 12.1 Å². The Labute approximate surface area is 231 Å². The first-order valence-corrected chi connectivity index (χ1v) is 13.1. The van der Waals surface area contributed by atoms with Crippen molar-refractivity contribution in [1.29, 1.82) is 5.26 Å². The fourth-order valence-corrected chi connectivity index (χ4v) is 4.91. The standard InChI is InChI=1S/C29H32N4O7/c1-32-8-10-33(11-9-32)21-5-4-17-12-19(3-2-18(17)13-21)23-7-6-22(39-23)14-20(15-30)28(37)31-16-24-25(34)26(35)27(36)29(38)40-24/h2-7,12-14,24-27,29,34-36,38H,8-11,16H2,1H3,(H,31,37)/b20-14+/t24-,25-,26+,27-,29?/m1/s1. The molecule has 11 heteroatoms. The molecule has 2 aromatic carbocycles. The molecule has 0 spiro atoms. The third-order valence-electron chi connectivity index (χ3n) is 7.41. The number of hydrogen-bond donors (Lipinski definition) is 5. The van der Waals surface area contributed by atoms with E-state index in [4.69, 9.17) is 9.15 Å². The van der Waals surface area contributed by atoms with Gasteiger partial charge in [0.1, 0.15) is 47.6 Å². The number of aliphatic hydroxyl groups is 4. The molecule has 1 amide bonds. The first-order chi connectivity index (χ1) is 19.2. The number of piperazine rings is 1. The minimum atomic E-state index is -1.72. The molecule has 40 heavy (non-hydrogen) atoms. The maximum atomic E-state index is 12.6. The number of fused-ring (bicyclic) bond motifs is 1. The molecule has 5 rings (SSSR count). The lowest BCUT2D eigenvalue weighted by Crippen LogP contribution is -2.60. The summed E-state index contributed by atoms with van der Waals surface area (Å²) in [5, 5.41) is 53.2. The topological polar surface area (TPSA) is 163 Å². The van der Waals surface area contributed by atoms with Crippen molar-refractivity contribution in [2.75, 3.05) is 44.7 Å². The molecule has 0 aliphatic carbocycles. The van der Waals surface area contributed by atoms with Crippen LogP contribution in [0.4, 0.5) is 5.69 Å². The van der Waals surface area contributed by atoms with Crippen molar-refractivity contribution < 1.29 is 34.4 Å². The maximum Gasteiger partial charge on any atom is 0.262 e. The Kier molecular flexibility index (Phi) is 8.18. The van der Waals surface area contributed by atoms with Crippen LogP contribution in [0.1, 0.15) is 5.76 Å². The zero-order valence-electron chi connectivity index (χ0n) is 22.0. The van der Waals surface area contributed by atoms with E-state index >= 15 is 0 Å². The molecule has 5 N–H and O–H groups in total. The number of likely N-dealkylation sites (N-methyl/N-ethyl adjacent to an activating group) is 1. The molecule has 1 unspecified atom stereocenters. The molecule has 2 aliphatic rings. The van der Waals surface area contributed by atoms with Gasteiger partial charge in [0.05, 0.1) is 0 Å². The molecule has 11 nitrogen and oxygen atoms in total. The van der Waals surface area contributed by atoms with Crippen molar-refractivity contribution in [3.05, 3.63) is 59.9 Å². The molecular formula is C29H32N4O7. The normalized spacial score (nSPS) is 26.1. The van der Waals surface area contributed by atoms with Gasteiger partial charge in [-0.1, -0.05) is 18.2 Å². The summed E-state index contributed by atoms with van der Waals surface area (Å²) < 4.78 is 10.9. The molecule has 1 aromatic heterocycles. The van der Waals surface area contributed by atoms with Crippen molar-refractivity contribution in [3.8, 4) is 17.4 Å². The molecule has 210 valence electrons. The highest BCUT2D eigenvalue weighted by Crippen LogP contribution is 2.29. The van der Waals surface area contributed by atoms with E-state index in [0.717, 1.165) is 42.5 Å². The molecule has 0 radical (unpaired) electrons. The van der Waals surface area contributed by atoms with E-state index in [9.17, 15) is 30.5 Å². The lowest BCUT2D eigenvalue weighted by molar-refractivity contribution is -0.280. The van der Waals surface area contributed by atoms with Gasteiger partial charge in [-0.3, -0.25) is 4.79 Å². The van der Waals surface area contributed by atoms with E-state index < -0.39 is 36.6 Å². The maximum absolute atomic E-state index is 12.6. The van der Waals surface area contributed by atoms with E-state index in [0.29, 0.717) is 11.5 Å². The van der Waals surface area contributed by atoms with Crippen molar-refractivity contribution in [2.24, 2.45) is 0 Å². The van der Waals surface area contributed by atoms with E-state index in [1.165, 1.54) is 11.8 Å². The number of hydrogen-bond acceptors (Lipinski definition) is 10. The molecule has 2 saturated heterocycles. The van der Waals surface area contributed by atoms with Crippen LogP contribution in [0.15, 0.2) is 58.5 Å². The number of aliphatic hydroxyl groups excluding tert-OH is 4. The van der Waals surface area contributed by atoms with E-state index in [2.05, 4.69) is 40.4 Å². The first kappa shape index (κ1) is 27.8. The zero-order chi connectivity index (χ0) is 28.4. The molecule has 5 atom stereocenters. The van der Waals surface area contributed by atoms with Gasteiger partial charge in [0.2, 0.25) is 0 Å². The number of nitrogens with one attached hydrogen (secondary N) is 1. The second kappa shape index (κ2) is 11.8. The number of ether oxygens (including phenoxy) is 1. The van der Waals surface area contributed by atoms with Crippen molar-refractivity contribution >= 4 is 28.4 Å². The molecule has 3 aromatic rings. The molecule has 0 saturated carbocycles. The highest BCUT2D eigenvalue weighted by molar-refractivity contribution is 6.01. The summed E-state index contributed by atoms with van der Waals surface area (Å²) in [6.07, 6.45) is -6.46. The van der Waals surface area contributed by atoms with Crippen LogP contribution < -0.4 is 10.2 Å². The smallest absolute Gasteiger partial charge is 0.262 e. The summed E-state index contributed by atoms with van der Waals surface area (Å²) in [6.45, 7) is 3.77. The van der Waals surface area contributed by atoms with Crippen LogP contribution in [0.5, 0.6) is 0 Å². The molecule has 2 fully saturated rings. The van der Waals surface area contributed by atoms with Crippen LogP contribution in [-0.4, -0.2) is 102 Å². The predicted octanol–water partition coefficient (Wildman–Crippen LogP) is 0.675. The van der Waals surface area contributed by atoms with Crippen LogP contribution in [0.25, 0.3) is 28.2 Å². The van der Waals surface area contributed by atoms with Crippen LogP contribution >= 0.6 is 0 Å². The summed E-state index contributed by atoms with van der Waals surface area (Å²) in [6, 6.07) is 17.7. The van der Waals surface area contributed by atoms with Crippen molar-refractivity contribution in [1.82, 2.24) is 10.2 Å². The average Bonchev–Trinajstić information content (AvgIpc) is 3.44. The summed E-state index contributed by atoms with van der Waals surface area (Å²) in [7, 11) is 2.14. The first-order valence-electron chi connectivity index (χ1n) is 13.1. The highest BCUT2D eigenvalue weighted by atomic mass is 16.6. The Morgan fingerprint density at radius 1 is 1.00 bits per heavy atom. The average molecular weight is 549 g/mol. The fourth-order valence-electron chi connectivity index (χ4n) is 4.91. The second-order valence-corrected chi connectivity index (χ2v) is 10.2. The van der Waals surface area contributed by atoms with Gasteiger partial charge in [0.25, 0.3) is 5.91 Å². The summed E-state index contributed by atoms with van der Waals surface area (Å²) in [5.41, 5.74) is 1.81. The minimum absolute atomic E-state index is 0.248. The Hall–Kier alpha value is -3.76. The van der Waals surface area contributed by atoms with E-state index in [1.54, 1.807) is 12.1 Å². The monoisotopic (exact) mass is 548 g/mol. The minimum Gasteiger partial charge on any atom is -0.457 e. The molecule has 0 bridgehead atoms. The van der Waals surface area contributed by atoms with Gasteiger partial charge in [-0.05, 0) is 48.2 Å². The number of carbonyl (C=O) groups excluding carboxylic acids is 1. The number of carbonyl (C=O) groups is 1. The number of furan rings is 1. The van der Waals surface area contributed by atoms with Crippen molar-refractivity contribution in [3.63, 3.8) is 0 Å². The second-order valence-electron chi connectivity index (χ2n) is 10.2. The highest BCUT2D eigenvalue weighted by Gasteiger charge is 2.43. The number of anilines is 1. The Morgan fingerprint density at radius 2 is 1.73 bits per heavy atom. The number of amides is 1. The third kappa shape index (κ3) is 5.88. The van der Waals surface area contributed by atoms with Crippen molar-refractivity contribution in [2.45, 2.75) is 30.7 Å². The van der Waals surface area contributed by atoms with Gasteiger partial charge in [-0.2, -0.15) is 5.26 Å². The van der Waals surface area contributed by atoms with Gasteiger partial charge in [-0.15, -0.1) is 0 Å². The Balaban J connectivity index is 1.25. The lowest BCUT2D eigenvalue weighted by Gasteiger charge is -2.38. The number of benzene rings is 2.